The number of carbonyl (C=O) groups excluding carboxylic acids is 3. The first-order chi connectivity index (χ1) is 10.4. The van der Waals surface area contributed by atoms with Gasteiger partial charge in [-0.2, -0.15) is 0 Å². The maximum Gasteiger partial charge on any atom is 0.413 e. The summed E-state index contributed by atoms with van der Waals surface area (Å²) in [5.41, 5.74) is -0.0548. The molecule has 0 unspecified atom stereocenters. The maximum absolute atomic E-state index is 12.2. The van der Waals surface area contributed by atoms with Gasteiger partial charge in [0.25, 0.3) is 0 Å². The monoisotopic (exact) mass is 364 g/mol. The molecule has 0 saturated heterocycles. The second-order valence-corrected chi connectivity index (χ2v) is 5.47. The first-order valence-electron chi connectivity index (χ1n) is 6.31. The van der Waals surface area contributed by atoms with Gasteiger partial charge in [0.15, 0.2) is 0 Å². The average Bonchev–Trinajstić information content (AvgIpc) is 2.52. The molecule has 0 N–H and O–H groups in total. The van der Waals surface area contributed by atoms with Gasteiger partial charge in [-0.1, -0.05) is 34.8 Å². The summed E-state index contributed by atoms with van der Waals surface area (Å²) in [5, 5.41) is -1.06. The zero-order chi connectivity index (χ0) is 16.4. The second-order valence-electron chi connectivity index (χ2n) is 4.33. The van der Waals surface area contributed by atoms with E-state index in [4.69, 9.17) is 39.5 Å². The summed E-state index contributed by atoms with van der Waals surface area (Å²) in [7, 11) is 0. The summed E-state index contributed by atoms with van der Waals surface area (Å²) in [4.78, 5) is 38.4. The molecule has 1 amide bonds. The van der Waals surface area contributed by atoms with Gasteiger partial charge in [0, 0.05) is 25.5 Å². The van der Waals surface area contributed by atoms with Gasteiger partial charge in [-0.15, -0.1) is 0 Å². The molecule has 1 aliphatic heterocycles. The molecule has 0 aromatic heterocycles. The van der Waals surface area contributed by atoms with Gasteiger partial charge >= 0.3 is 6.09 Å². The van der Waals surface area contributed by atoms with Crippen LogP contribution in [-0.2, 0) is 14.3 Å². The van der Waals surface area contributed by atoms with E-state index in [0.717, 1.165) is 0 Å². The summed E-state index contributed by atoms with van der Waals surface area (Å²) in [6.07, 6.45) is 2.39. The molecule has 0 aromatic rings. The number of rotatable bonds is 2. The number of hydrogen-bond donors (Lipinski definition) is 0. The molecule has 118 valence electrons. The number of carbonyl (C=O) groups is 3. The van der Waals surface area contributed by atoms with E-state index < -0.39 is 22.7 Å². The van der Waals surface area contributed by atoms with E-state index in [1.54, 1.807) is 6.92 Å². The quantitative estimate of drug-likeness (QED) is 0.704. The third-order valence-corrected chi connectivity index (χ3v) is 4.18. The van der Waals surface area contributed by atoms with Crippen LogP contribution < -0.4 is 0 Å². The minimum Gasteiger partial charge on any atom is -0.449 e. The van der Waals surface area contributed by atoms with Crippen molar-refractivity contribution in [2.24, 2.45) is 0 Å². The fourth-order valence-electron chi connectivity index (χ4n) is 1.93. The van der Waals surface area contributed by atoms with Crippen molar-refractivity contribution in [2.45, 2.75) is 6.92 Å². The molecule has 0 bridgehead atoms. The number of ketones is 2. The van der Waals surface area contributed by atoms with Crippen LogP contribution in [0, 0.1) is 0 Å². The van der Waals surface area contributed by atoms with Gasteiger partial charge in [0.05, 0.1) is 6.61 Å². The van der Waals surface area contributed by atoms with Gasteiger partial charge in [-0.25, -0.2) is 4.79 Å². The molecular formula is C13H11Cl3N2O4. The van der Waals surface area contributed by atoms with Crippen LogP contribution in [0.15, 0.2) is 33.2 Å². The topological polar surface area (TPSA) is 66.9 Å². The zero-order valence-electron chi connectivity index (χ0n) is 11.4. The molecule has 9 heteroatoms. The molecule has 1 aliphatic carbocycles. The van der Waals surface area contributed by atoms with E-state index >= 15 is 0 Å². The van der Waals surface area contributed by atoms with E-state index in [1.807, 2.05) is 0 Å². The Hall–Kier alpha value is -1.50. The molecule has 6 nitrogen and oxygen atoms in total. The van der Waals surface area contributed by atoms with Crippen molar-refractivity contribution >= 4 is 52.5 Å². The lowest BCUT2D eigenvalue weighted by atomic mass is 10.1. The number of amides is 1. The smallest absolute Gasteiger partial charge is 0.413 e. The minimum absolute atomic E-state index is 0.0548. The van der Waals surface area contributed by atoms with Crippen LogP contribution in [0.2, 0.25) is 0 Å². The summed E-state index contributed by atoms with van der Waals surface area (Å²) >= 11 is 17.3. The molecule has 0 aromatic carbocycles. The van der Waals surface area contributed by atoms with Crippen molar-refractivity contribution in [2.75, 3.05) is 19.7 Å². The Balaban J connectivity index is 2.24. The SMILES string of the molecule is CCOC(=O)N1C=CN(C2=C(Cl)C(=O)C(Cl)=C(Cl)C2=O)CC1. The van der Waals surface area contributed by atoms with E-state index in [9.17, 15) is 14.4 Å². The van der Waals surface area contributed by atoms with Gasteiger partial charge in [-0.3, -0.25) is 14.5 Å². The van der Waals surface area contributed by atoms with Crippen LogP contribution in [0.3, 0.4) is 0 Å². The summed E-state index contributed by atoms with van der Waals surface area (Å²) in [5.74, 6) is -1.34. The maximum atomic E-state index is 12.2. The molecule has 2 rings (SSSR count). The van der Waals surface area contributed by atoms with Crippen LogP contribution in [0.5, 0.6) is 0 Å². The van der Waals surface area contributed by atoms with Crippen LogP contribution in [0.1, 0.15) is 6.92 Å². The van der Waals surface area contributed by atoms with Gasteiger partial charge < -0.3 is 9.64 Å². The van der Waals surface area contributed by atoms with Crippen molar-refractivity contribution in [3.63, 3.8) is 0 Å². The minimum atomic E-state index is -0.704. The van der Waals surface area contributed by atoms with Gasteiger partial charge in [0.2, 0.25) is 11.6 Å². The van der Waals surface area contributed by atoms with Crippen LogP contribution in [-0.4, -0.2) is 47.2 Å². The molecule has 1 heterocycles. The molecular weight excluding hydrogens is 355 g/mol. The Morgan fingerprint density at radius 1 is 1.09 bits per heavy atom. The molecule has 2 aliphatic rings. The number of allylic oxidation sites excluding steroid dienone is 3. The normalized spacial score (nSPS) is 19.3. The third-order valence-electron chi connectivity index (χ3n) is 3.01. The Labute approximate surface area is 141 Å². The number of hydrogen-bond acceptors (Lipinski definition) is 5. The largest absolute Gasteiger partial charge is 0.449 e. The molecule has 0 saturated carbocycles. The van der Waals surface area contributed by atoms with Crippen molar-refractivity contribution in [1.29, 1.82) is 0 Å². The van der Waals surface area contributed by atoms with Crippen molar-refractivity contribution in [3.8, 4) is 0 Å². The second kappa shape index (κ2) is 6.73. The summed E-state index contributed by atoms with van der Waals surface area (Å²) in [6.45, 7) is 2.48. The van der Waals surface area contributed by atoms with Gasteiger partial charge in [-0.05, 0) is 6.92 Å². The Kier molecular flexibility index (Phi) is 5.16. The Bertz CT molecular complexity index is 639. The van der Waals surface area contributed by atoms with Crippen molar-refractivity contribution < 1.29 is 19.1 Å². The lowest BCUT2D eigenvalue weighted by molar-refractivity contribution is -0.116. The highest BCUT2D eigenvalue weighted by atomic mass is 35.5. The van der Waals surface area contributed by atoms with E-state index in [1.165, 1.54) is 22.2 Å². The first-order valence-corrected chi connectivity index (χ1v) is 7.44. The van der Waals surface area contributed by atoms with Crippen molar-refractivity contribution in [1.82, 2.24) is 9.80 Å². The molecule has 0 spiro atoms. The Morgan fingerprint density at radius 2 is 1.73 bits per heavy atom. The number of halogens is 3. The molecule has 0 fully saturated rings. The van der Waals surface area contributed by atoms with Crippen LogP contribution in [0.4, 0.5) is 4.79 Å². The molecule has 0 atom stereocenters. The zero-order valence-corrected chi connectivity index (χ0v) is 13.7. The lowest BCUT2D eigenvalue weighted by Gasteiger charge is -2.31. The number of Topliss-reactive ketones (excluding diaryl/α,β-unsaturated/α-hetero) is 2. The predicted molar refractivity (Wildman–Crippen MR) is 81.2 cm³/mol. The van der Waals surface area contributed by atoms with E-state index in [-0.39, 0.29) is 35.5 Å². The van der Waals surface area contributed by atoms with E-state index in [2.05, 4.69) is 0 Å². The van der Waals surface area contributed by atoms with E-state index in [0.29, 0.717) is 0 Å². The fourth-order valence-corrected chi connectivity index (χ4v) is 2.63. The Morgan fingerprint density at radius 3 is 2.27 bits per heavy atom. The standard InChI is InChI=1S/C13H11Cl3N2O4/c1-2-22-13(21)18-5-3-17(4-6-18)10-9(16)11(19)7(14)8(15)12(10)20/h3,5H,2,4,6H2,1H3. The highest BCUT2D eigenvalue weighted by Gasteiger charge is 2.35. The predicted octanol–water partition coefficient (Wildman–Crippen LogP) is 2.52. The highest BCUT2D eigenvalue weighted by Crippen LogP contribution is 2.33. The van der Waals surface area contributed by atoms with Crippen molar-refractivity contribution in [3.05, 3.63) is 33.2 Å². The number of nitrogens with zero attached hydrogens (tertiary/aromatic N) is 2. The van der Waals surface area contributed by atoms with Gasteiger partial charge in [0.1, 0.15) is 20.8 Å². The first kappa shape index (κ1) is 16.9. The molecule has 0 radical (unpaired) electrons. The third kappa shape index (κ3) is 2.99. The fraction of sp³-hybridized carbons (Fsp3) is 0.308. The summed E-state index contributed by atoms with van der Waals surface area (Å²) in [6, 6.07) is 0. The number of ether oxygens (including phenoxy) is 1. The lowest BCUT2D eigenvalue weighted by Crippen LogP contribution is -2.40. The van der Waals surface area contributed by atoms with Crippen LogP contribution in [0.25, 0.3) is 0 Å². The average molecular weight is 366 g/mol. The molecule has 22 heavy (non-hydrogen) atoms. The van der Waals surface area contributed by atoms with Crippen LogP contribution >= 0.6 is 34.8 Å². The highest BCUT2D eigenvalue weighted by molar-refractivity contribution is 6.64. The summed E-state index contributed by atoms with van der Waals surface area (Å²) < 4.78 is 4.86.